The summed E-state index contributed by atoms with van der Waals surface area (Å²) < 4.78 is 5.81. The van der Waals surface area contributed by atoms with Crippen molar-refractivity contribution in [3.8, 4) is 0 Å². The van der Waals surface area contributed by atoms with Crippen LogP contribution in [0.5, 0.6) is 0 Å². The van der Waals surface area contributed by atoms with Crippen LogP contribution in [0.1, 0.15) is 63.4 Å². The Bertz CT molecular complexity index is 743. The molecule has 2 atom stereocenters. The van der Waals surface area contributed by atoms with Crippen LogP contribution in [-0.2, 0) is 20.7 Å². The fourth-order valence-corrected chi connectivity index (χ4v) is 5.10. The molecular formula is C24H33ClN2O3. The Hall–Kier alpha value is -1.59. The van der Waals surface area contributed by atoms with Crippen LogP contribution in [0.25, 0.3) is 0 Å². The van der Waals surface area contributed by atoms with Crippen LogP contribution in [0.3, 0.4) is 0 Å². The number of hydrogen-bond acceptors (Lipinski definition) is 3. The van der Waals surface area contributed by atoms with Crippen LogP contribution < -0.4 is 5.32 Å². The topological polar surface area (TPSA) is 58.6 Å². The standard InChI is InChI=1S/C24H33ClN2O3/c25-20-8-6-18(7-9-20)15-24(12-10-22(28)26-24)13-11-23(29)27(16-19-3-1-4-19)17-21-5-2-14-30-21/h6-9,19,21H,1-5,10-17H2,(H,26,28). The van der Waals surface area contributed by atoms with Gasteiger partial charge in [0.05, 0.1) is 6.10 Å². The molecule has 3 aliphatic rings. The highest BCUT2D eigenvalue weighted by atomic mass is 35.5. The monoisotopic (exact) mass is 432 g/mol. The lowest BCUT2D eigenvalue weighted by Crippen LogP contribution is -2.46. The van der Waals surface area contributed by atoms with E-state index in [1.54, 1.807) is 0 Å². The quantitative estimate of drug-likeness (QED) is 0.638. The summed E-state index contributed by atoms with van der Waals surface area (Å²) in [5.74, 6) is 0.931. The molecule has 0 spiro atoms. The number of rotatable bonds is 9. The SMILES string of the molecule is O=C1CCC(CCC(=O)N(CC2CCC2)CC2CCCO2)(Cc2ccc(Cl)cc2)N1. The number of nitrogens with zero attached hydrogens (tertiary/aromatic N) is 1. The van der Waals surface area contributed by atoms with Gasteiger partial charge in [0.25, 0.3) is 0 Å². The summed E-state index contributed by atoms with van der Waals surface area (Å²) in [7, 11) is 0. The molecule has 6 heteroatoms. The Balaban J connectivity index is 1.39. The van der Waals surface area contributed by atoms with E-state index in [9.17, 15) is 9.59 Å². The molecule has 0 radical (unpaired) electrons. The lowest BCUT2D eigenvalue weighted by molar-refractivity contribution is -0.134. The average Bonchev–Trinajstić information content (AvgIpc) is 3.34. The van der Waals surface area contributed by atoms with Crippen LogP contribution in [0.2, 0.25) is 5.02 Å². The lowest BCUT2D eigenvalue weighted by Gasteiger charge is -2.35. The summed E-state index contributed by atoms with van der Waals surface area (Å²) in [6, 6.07) is 7.79. The van der Waals surface area contributed by atoms with Crippen molar-refractivity contribution in [1.29, 1.82) is 0 Å². The molecule has 0 aromatic heterocycles. The van der Waals surface area contributed by atoms with Crippen LogP contribution in [0.15, 0.2) is 24.3 Å². The second-order valence-electron chi connectivity index (χ2n) is 9.36. The third-order valence-electron chi connectivity index (χ3n) is 7.01. The molecule has 30 heavy (non-hydrogen) atoms. The summed E-state index contributed by atoms with van der Waals surface area (Å²) in [5.41, 5.74) is 0.798. The largest absolute Gasteiger partial charge is 0.376 e. The van der Waals surface area contributed by atoms with Gasteiger partial charge in [0.2, 0.25) is 11.8 Å². The van der Waals surface area contributed by atoms with E-state index in [-0.39, 0.29) is 23.5 Å². The van der Waals surface area contributed by atoms with Gasteiger partial charge < -0.3 is 15.0 Å². The molecule has 2 amide bonds. The lowest BCUT2D eigenvalue weighted by atomic mass is 9.84. The van der Waals surface area contributed by atoms with E-state index in [2.05, 4.69) is 5.32 Å². The summed E-state index contributed by atoms with van der Waals surface area (Å²) in [6.45, 7) is 2.38. The third kappa shape index (κ3) is 5.55. The summed E-state index contributed by atoms with van der Waals surface area (Å²) in [4.78, 5) is 27.3. The number of benzene rings is 1. The Morgan fingerprint density at radius 1 is 1.17 bits per heavy atom. The summed E-state index contributed by atoms with van der Waals surface area (Å²) >= 11 is 6.02. The van der Waals surface area contributed by atoms with Crippen molar-refractivity contribution < 1.29 is 14.3 Å². The van der Waals surface area contributed by atoms with E-state index in [0.29, 0.717) is 36.7 Å². The van der Waals surface area contributed by atoms with Gasteiger partial charge in [-0.3, -0.25) is 9.59 Å². The molecule has 2 saturated heterocycles. The van der Waals surface area contributed by atoms with Gasteiger partial charge in [0, 0.05) is 43.1 Å². The Morgan fingerprint density at radius 2 is 1.97 bits per heavy atom. The number of ether oxygens (including phenoxy) is 1. The molecule has 1 N–H and O–H groups in total. The van der Waals surface area contributed by atoms with Crippen molar-refractivity contribution in [3.05, 3.63) is 34.9 Å². The summed E-state index contributed by atoms with van der Waals surface area (Å²) in [5, 5.41) is 3.90. The number of nitrogens with one attached hydrogen (secondary N) is 1. The van der Waals surface area contributed by atoms with Gasteiger partial charge in [-0.2, -0.15) is 0 Å². The molecule has 2 unspecified atom stereocenters. The minimum atomic E-state index is -0.341. The number of hydrogen-bond donors (Lipinski definition) is 1. The van der Waals surface area contributed by atoms with E-state index in [0.717, 1.165) is 44.4 Å². The summed E-state index contributed by atoms with van der Waals surface area (Å²) in [6.07, 6.45) is 9.23. The van der Waals surface area contributed by atoms with E-state index in [1.807, 2.05) is 29.2 Å². The molecule has 1 saturated carbocycles. The van der Waals surface area contributed by atoms with Gasteiger partial charge in [-0.1, -0.05) is 30.2 Å². The molecule has 2 aliphatic heterocycles. The highest BCUT2D eigenvalue weighted by molar-refractivity contribution is 6.30. The van der Waals surface area contributed by atoms with Crippen molar-refractivity contribution in [3.63, 3.8) is 0 Å². The van der Waals surface area contributed by atoms with Crippen LogP contribution in [-0.4, -0.2) is 48.1 Å². The smallest absolute Gasteiger partial charge is 0.222 e. The van der Waals surface area contributed by atoms with Gasteiger partial charge in [0.15, 0.2) is 0 Å². The van der Waals surface area contributed by atoms with E-state index in [4.69, 9.17) is 16.3 Å². The van der Waals surface area contributed by atoms with Crippen LogP contribution >= 0.6 is 11.6 Å². The predicted octanol–water partition coefficient (Wildman–Crippen LogP) is 4.12. The first-order valence-corrected chi connectivity index (χ1v) is 11.8. The maximum Gasteiger partial charge on any atom is 0.222 e. The van der Waals surface area contributed by atoms with Gasteiger partial charge in [-0.05, 0) is 68.6 Å². The average molecular weight is 433 g/mol. The molecule has 2 heterocycles. The van der Waals surface area contributed by atoms with Gasteiger partial charge in [0.1, 0.15) is 0 Å². The first-order valence-electron chi connectivity index (χ1n) is 11.5. The molecule has 5 nitrogen and oxygen atoms in total. The van der Waals surface area contributed by atoms with E-state index in [1.165, 1.54) is 19.3 Å². The zero-order chi connectivity index (χ0) is 21.0. The molecule has 1 aliphatic carbocycles. The van der Waals surface area contributed by atoms with E-state index < -0.39 is 0 Å². The molecular weight excluding hydrogens is 400 g/mol. The minimum absolute atomic E-state index is 0.0853. The fourth-order valence-electron chi connectivity index (χ4n) is 4.98. The molecule has 4 rings (SSSR count). The van der Waals surface area contributed by atoms with Gasteiger partial charge in [-0.15, -0.1) is 0 Å². The maximum atomic E-state index is 13.2. The second-order valence-corrected chi connectivity index (χ2v) is 9.80. The minimum Gasteiger partial charge on any atom is -0.376 e. The number of carbonyl (C=O) groups excluding carboxylic acids is 2. The Kier molecular flexibility index (Phi) is 6.99. The third-order valence-corrected chi connectivity index (χ3v) is 7.26. The van der Waals surface area contributed by atoms with Crippen molar-refractivity contribution >= 4 is 23.4 Å². The number of amides is 2. The number of carbonyl (C=O) groups is 2. The fraction of sp³-hybridized carbons (Fsp3) is 0.667. The normalized spacial score (nSPS) is 26.4. The van der Waals surface area contributed by atoms with E-state index >= 15 is 0 Å². The highest BCUT2D eigenvalue weighted by Crippen LogP contribution is 2.32. The van der Waals surface area contributed by atoms with Crippen LogP contribution in [0, 0.1) is 5.92 Å². The molecule has 0 bridgehead atoms. The highest BCUT2D eigenvalue weighted by Gasteiger charge is 2.38. The van der Waals surface area contributed by atoms with Crippen molar-refractivity contribution in [2.45, 2.75) is 75.9 Å². The van der Waals surface area contributed by atoms with Crippen LogP contribution in [0.4, 0.5) is 0 Å². The zero-order valence-corrected chi connectivity index (χ0v) is 18.5. The molecule has 3 fully saturated rings. The van der Waals surface area contributed by atoms with Gasteiger partial charge >= 0.3 is 0 Å². The van der Waals surface area contributed by atoms with Crippen molar-refractivity contribution in [2.24, 2.45) is 5.92 Å². The van der Waals surface area contributed by atoms with Crippen molar-refractivity contribution in [2.75, 3.05) is 19.7 Å². The Labute approximate surface area is 184 Å². The van der Waals surface area contributed by atoms with Gasteiger partial charge in [-0.25, -0.2) is 0 Å². The Morgan fingerprint density at radius 3 is 2.57 bits per heavy atom. The molecule has 164 valence electrons. The van der Waals surface area contributed by atoms with Crippen molar-refractivity contribution in [1.82, 2.24) is 10.2 Å². The first-order chi connectivity index (χ1) is 14.5. The predicted molar refractivity (Wildman–Crippen MR) is 117 cm³/mol. The second kappa shape index (κ2) is 9.69. The zero-order valence-electron chi connectivity index (χ0n) is 17.7. The number of halogens is 1. The molecule has 1 aromatic carbocycles. The first kappa shape index (κ1) is 21.6. The molecule has 1 aromatic rings. The maximum absolute atomic E-state index is 13.2.